The lowest BCUT2D eigenvalue weighted by Crippen LogP contribution is -2.37. The number of nitrogens with zero attached hydrogens (tertiary/aromatic N) is 1. The van der Waals surface area contributed by atoms with E-state index in [-0.39, 0.29) is 32.0 Å². The van der Waals surface area contributed by atoms with E-state index in [9.17, 15) is 19.0 Å². The van der Waals surface area contributed by atoms with E-state index in [1.165, 1.54) is 154 Å². The average Bonchev–Trinajstić information content (AvgIpc) is 1.56. The largest absolute Gasteiger partial charge is 0.472 e. The maximum Gasteiger partial charge on any atom is 0.472 e. The summed E-state index contributed by atoms with van der Waals surface area (Å²) < 4.78 is 34.8. The predicted molar refractivity (Wildman–Crippen MR) is 408 cm³/mol. The summed E-state index contributed by atoms with van der Waals surface area (Å²) in [4.78, 5) is 36.0. The molecule has 0 amide bonds. The van der Waals surface area contributed by atoms with Crippen LogP contribution in [0, 0.1) is 0 Å². The summed E-state index contributed by atoms with van der Waals surface area (Å²) in [7, 11) is 1.47. The highest BCUT2D eigenvalue weighted by Crippen LogP contribution is 2.43. The zero-order chi connectivity index (χ0) is 68.3. The highest BCUT2D eigenvalue weighted by Gasteiger charge is 2.27. The van der Waals surface area contributed by atoms with Crippen molar-refractivity contribution in [2.75, 3.05) is 47.5 Å². The molecule has 10 heteroatoms. The minimum Gasteiger partial charge on any atom is -0.462 e. The molecular formula is C84H143NO8P+. The van der Waals surface area contributed by atoms with Crippen LogP contribution in [0.5, 0.6) is 0 Å². The normalized spacial score (nSPS) is 14.0. The smallest absolute Gasteiger partial charge is 0.462 e. The molecule has 0 radical (unpaired) electrons. The van der Waals surface area contributed by atoms with Gasteiger partial charge in [-0.25, -0.2) is 4.57 Å². The lowest BCUT2D eigenvalue weighted by molar-refractivity contribution is -0.870. The first kappa shape index (κ1) is 89.6. The molecule has 0 aliphatic rings. The molecule has 0 fully saturated rings. The molecule has 94 heavy (non-hydrogen) atoms. The maximum absolute atomic E-state index is 12.9. The summed E-state index contributed by atoms with van der Waals surface area (Å²) in [6.45, 7) is 4.22. The highest BCUT2D eigenvalue weighted by molar-refractivity contribution is 7.47. The van der Waals surface area contributed by atoms with Gasteiger partial charge in [-0.2, -0.15) is 0 Å². The number of phosphoric acid groups is 1. The first-order valence-corrected chi connectivity index (χ1v) is 39.7. The summed E-state index contributed by atoms with van der Waals surface area (Å²) in [5, 5.41) is 0. The highest BCUT2D eigenvalue weighted by atomic mass is 31.2. The Balaban J connectivity index is 4.02. The van der Waals surface area contributed by atoms with E-state index < -0.39 is 26.5 Å². The Labute approximate surface area is 579 Å². The molecule has 0 aliphatic heterocycles. The quantitative estimate of drug-likeness (QED) is 0.0211. The molecule has 9 nitrogen and oxygen atoms in total. The molecule has 0 saturated heterocycles. The van der Waals surface area contributed by atoms with Crippen molar-refractivity contribution in [3.8, 4) is 0 Å². The van der Waals surface area contributed by atoms with Gasteiger partial charge in [0.05, 0.1) is 27.7 Å². The van der Waals surface area contributed by atoms with Crippen molar-refractivity contribution < 1.29 is 42.1 Å². The van der Waals surface area contributed by atoms with Crippen molar-refractivity contribution in [1.82, 2.24) is 0 Å². The van der Waals surface area contributed by atoms with Crippen LogP contribution in [0.25, 0.3) is 0 Å². The Morgan fingerprint density at radius 2 is 0.574 bits per heavy atom. The third-order valence-corrected chi connectivity index (χ3v) is 17.0. The second-order valence-electron chi connectivity index (χ2n) is 26.3. The fraction of sp³-hybridized carbons (Fsp3) is 0.667. The number of allylic oxidation sites excluding steroid dienone is 26. The lowest BCUT2D eigenvalue weighted by atomic mass is 10.0. The van der Waals surface area contributed by atoms with Crippen molar-refractivity contribution in [1.29, 1.82) is 0 Å². The van der Waals surface area contributed by atoms with Crippen LogP contribution in [0.4, 0.5) is 0 Å². The van der Waals surface area contributed by atoms with Crippen LogP contribution < -0.4 is 0 Å². The van der Waals surface area contributed by atoms with Gasteiger partial charge in [0.1, 0.15) is 19.8 Å². The predicted octanol–water partition coefficient (Wildman–Crippen LogP) is 25.5. The molecule has 0 heterocycles. The Morgan fingerprint density at radius 1 is 0.330 bits per heavy atom. The molecule has 0 aromatic heterocycles. The van der Waals surface area contributed by atoms with Gasteiger partial charge in [-0.3, -0.25) is 18.6 Å². The minimum atomic E-state index is -4.40. The summed E-state index contributed by atoms with van der Waals surface area (Å²) in [5.41, 5.74) is 0. The van der Waals surface area contributed by atoms with Crippen molar-refractivity contribution in [3.63, 3.8) is 0 Å². The van der Waals surface area contributed by atoms with Crippen LogP contribution in [0.15, 0.2) is 158 Å². The third kappa shape index (κ3) is 76.6. The molecular weight excluding hydrogens is 1180 g/mol. The average molecular weight is 1330 g/mol. The standard InChI is InChI=1S/C84H142NO8P/c1-6-8-10-12-14-16-18-20-22-24-26-28-30-32-34-36-38-39-40-41-42-43-44-45-47-49-51-53-55-57-59-61-63-65-67-69-71-73-75-77-84(87)93-82(81-92-94(88,89)91-79-78-85(3,4)5)80-90-83(86)76-74-72-70-68-66-64-62-60-58-56-54-52-50-48-46-37-35-33-31-29-27-25-23-21-19-17-15-13-11-9-7-2/h8-11,14-17,20-23,26-29,32-35,38-39,41-42,46,48,82H,6-7,12-13,18-19,24-25,30-31,36-37,40,43-45,47,49-81H2,1-5H3/p+1/b10-8-,11-9-,16-14-,17-15-,22-20-,23-21-,28-26-,29-27-,34-32-,35-33-,39-38-,42-41-,48-46-. The molecule has 2 atom stereocenters. The summed E-state index contributed by atoms with van der Waals surface area (Å²) in [5.74, 6) is -0.798. The van der Waals surface area contributed by atoms with Gasteiger partial charge in [-0.1, -0.05) is 332 Å². The van der Waals surface area contributed by atoms with Crippen molar-refractivity contribution >= 4 is 19.8 Å². The van der Waals surface area contributed by atoms with Crippen LogP contribution in [-0.2, 0) is 32.7 Å². The van der Waals surface area contributed by atoms with Crippen LogP contribution in [0.2, 0.25) is 0 Å². The number of hydrogen-bond donors (Lipinski definition) is 1. The molecule has 0 aromatic rings. The molecule has 536 valence electrons. The van der Waals surface area contributed by atoms with Gasteiger partial charge in [0.15, 0.2) is 6.10 Å². The van der Waals surface area contributed by atoms with Crippen molar-refractivity contribution in [2.24, 2.45) is 0 Å². The van der Waals surface area contributed by atoms with E-state index in [0.717, 1.165) is 122 Å². The Hall–Kier alpha value is -4.37. The van der Waals surface area contributed by atoms with E-state index in [4.69, 9.17) is 18.5 Å². The lowest BCUT2D eigenvalue weighted by Gasteiger charge is -2.24. The van der Waals surface area contributed by atoms with E-state index in [1.807, 2.05) is 21.1 Å². The van der Waals surface area contributed by atoms with E-state index in [0.29, 0.717) is 17.4 Å². The Morgan fingerprint density at radius 3 is 0.851 bits per heavy atom. The SMILES string of the molecule is CC/C=C\C/C=C\C/C=C\C/C=C\C/C=C\C/C=C\C/C=C\CCCCCCCCCCCCCCCCCCCC(=O)OC(COC(=O)CCCCCCCCCCCCCC/C=C\C/C=C\C/C=C\C/C=C\C/C=C\C/C=C\CC)COP(=O)(O)OCC[N+](C)(C)C. The number of quaternary nitrogens is 1. The van der Waals surface area contributed by atoms with Gasteiger partial charge in [-0.15, -0.1) is 0 Å². The van der Waals surface area contributed by atoms with Gasteiger partial charge in [0.25, 0.3) is 0 Å². The topological polar surface area (TPSA) is 108 Å². The summed E-state index contributed by atoms with van der Waals surface area (Å²) in [6, 6.07) is 0. The van der Waals surface area contributed by atoms with Gasteiger partial charge in [0, 0.05) is 12.8 Å². The number of carbonyl (C=O) groups excluding carboxylic acids is 2. The van der Waals surface area contributed by atoms with Crippen LogP contribution in [0.3, 0.4) is 0 Å². The van der Waals surface area contributed by atoms with E-state index in [2.05, 4.69) is 172 Å². The van der Waals surface area contributed by atoms with Crippen LogP contribution in [-0.4, -0.2) is 74.9 Å². The molecule has 0 rings (SSSR count). The third-order valence-electron chi connectivity index (χ3n) is 16.1. The van der Waals surface area contributed by atoms with Gasteiger partial charge >= 0.3 is 19.8 Å². The number of carbonyl (C=O) groups is 2. The fourth-order valence-corrected chi connectivity index (χ4v) is 11.0. The monoisotopic (exact) mass is 1330 g/mol. The fourth-order valence-electron chi connectivity index (χ4n) is 10.3. The van der Waals surface area contributed by atoms with Gasteiger partial charge in [-0.05, 0) is 122 Å². The number of likely N-dealkylation sites (N-methyl/N-ethyl adjacent to an activating group) is 1. The number of rotatable bonds is 69. The summed E-state index contributed by atoms with van der Waals surface area (Å²) >= 11 is 0. The number of phosphoric ester groups is 1. The van der Waals surface area contributed by atoms with Crippen molar-refractivity contribution in [2.45, 2.75) is 315 Å². The van der Waals surface area contributed by atoms with Gasteiger partial charge < -0.3 is 18.9 Å². The second-order valence-corrected chi connectivity index (χ2v) is 27.7. The zero-order valence-electron chi connectivity index (χ0n) is 61.1. The molecule has 2 unspecified atom stereocenters. The first-order valence-electron chi connectivity index (χ1n) is 38.2. The van der Waals surface area contributed by atoms with Crippen LogP contribution in [0.1, 0.15) is 309 Å². The first-order chi connectivity index (χ1) is 46.0. The number of hydrogen-bond acceptors (Lipinski definition) is 7. The molecule has 0 bridgehead atoms. The molecule has 0 aromatic carbocycles. The van der Waals surface area contributed by atoms with E-state index >= 15 is 0 Å². The number of ether oxygens (including phenoxy) is 2. The molecule has 0 spiro atoms. The molecule has 1 N–H and O–H groups in total. The maximum atomic E-state index is 12.9. The van der Waals surface area contributed by atoms with E-state index in [1.54, 1.807) is 0 Å². The zero-order valence-corrected chi connectivity index (χ0v) is 62.0. The molecule has 0 saturated carbocycles. The molecule has 0 aliphatic carbocycles. The Bertz CT molecular complexity index is 2150. The Kier molecular flexibility index (Phi) is 69.5. The number of unbranched alkanes of at least 4 members (excludes halogenated alkanes) is 29. The minimum absolute atomic E-state index is 0.0262. The summed E-state index contributed by atoms with van der Waals surface area (Å²) in [6.07, 6.45) is 109. The second kappa shape index (κ2) is 72.9. The van der Waals surface area contributed by atoms with Gasteiger partial charge in [0.2, 0.25) is 0 Å². The number of esters is 2. The van der Waals surface area contributed by atoms with Crippen molar-refractivity contribution in [3.05, 3.63) is 158 Å². The van der Waals surface area contributed by atoms with Crippen LogP contribution >= 0.6 is 7.82 Å².